The van der Waals surface area contributed by atoms with Crippen molar-refractivity contribution < 1.29 is 15.0 Å². The van der Waals surface area contributed by atoms with E-state index in [4.69, 9.17) is 0 Å². The summed E-state index contributed by atoms with van der Waals surface area (Å²) in [5, 5.41) is 28.8. The number of carbonyl (C=O) groups excluding carboxylic acids is 1. The molecule has 0 spiro atoms. The number of aromatic hydroxyl groups is 1. The van der Waals surface area contributed by atoms with Gasteiger partial charge in [0.25, 0.3) is 5.91 Å². The van der Waals surface area contributed by atoms with Gasteiger partial charge in [-0.3, -0.25) is 4.79 Å². The summed E-state index contributed by atoms with van der Waals surface area (Å²) in [4.78, 5) is 12.1. The average molecular weight is 337 g/mol. The first-order chi connectivity index (χ1) is 12.1. The van der Waals surface area contributed by atoms with Crippen LogP contribution < -0.4 is 0 Å². The molecule has 3 aromatic rings. The molecule has 2 aromatic carbocycles. The molecule has 0 fully saturated rings. The summed E-state index contributed by atoms with van der Waals surface area (Å²) >= 11 is 0. The van der Waals surface area contributed by atoms with Crippen LogP contribution in [0.5, 0.6) is 5.88 Å². The number of fused-ring (bicyclic) bond motifs is 1. The number of aryl methyl sites for hydroxylation is 1. The number of carbonyl (C=O) groups is 1. The normalized spacial score (nSPS) is 12.7. The van der Waals surface area contributed by atoms with Crippen molar-refractivity contribution in [3.05, 3.63) is 60.2 Å². The second-order valence-corrected chi connectivity index (χ2v) is 5.69. The standard InChI is InChI=1S/C19H19N3O3/c1-2-12-22-15-11-7-6-10-14(15)16(19(22)25)20-21-18(24)17(23)13-8-4-3-5-9-13/h3-11,17,23,25H,2,12H2,1H3. The first-order valence-corrected chi connectivity index (χ1v) is 8.12. The molecule has 3 rings (SSSR count). The zero-order valence-electron chi connectivity index (χ0n) is 13.8. The molecular formula is C19H19N3O3. The minimum atomic E-state index is -1.38. The van der Waals surface area contributed by atoms with Gasteiger partial charge in [-0.05, 0) is 18.1 Å². The second kappa shape index (κ2) is 7.27. The predicted molar refractivity (Wildman–Crippen MR) is 94.8 cm³/mol. The Hall–Kier alpha value is -2.99. The lowest BCUT2D eigenvalue weighted by Gasteiger charge is -2.05. The van der Waals surface area contributed by atoms with Crippen molar-refractivity contribution in [1.29, 1.82) is 0 Å². The number of aliphatic hydroxyl groups excluding tert-OH is 1. The molecule has 1 amide bonds. The van der Waals surface area contributed by atoms with Crippen LogP contribution in [0.4, 0.5) is 5.69 Å². The Morgan fingerprint density at radius 2 is 1.80 bits per heavy atom. The second-order valence-electron chi connectivity index (χ2n) is 5.69. The van der Waals surface area contributed by atoms with Crippen molar-refractivity contribution in [1.82, 2.24) is 4.57 Å². The van der Waals surface area contributed by atoms with Gasteiger partial charge < -0.3 is 14.8 Å². The minimum absolute atomic E-state index is 0.0335. The Morgan fingerprint density at radius 3 is 2.52 bits per heavy atom. The smallest absolute Gasteiger partial charge is 0.297 e. The van der Waals surface area contributed by atoms with E-state index in [0.29, 0.717) is 17.5 Å². The molecular weight excluding hydrogens is 318 g/mol. The molecule has 25 heavy (non-hydrogen) atoms. The number of benzene rings is 2. The maximum absolute atomic E-state index is 12.1. The Balaban J connectivity index is 1.93. The van der Waals surface area contributed by atoms with Crippen LogP contribution in [0.15, 0.2) is 64.8 Å². The van der Waals surface area contributed by atoms with E-state index in [9.17, 15) is 15.0 Å². The van der Waals surface area contributed by atoms with Crippen LogP contribution in [0.2, 0.25) is 0 Å². The summed E-state index contributed by atoms with van der Waals surface area (Å²) in [6, 6.07) is 15.9. The van der Waals surface area contributed by atoms with Crippen LogP contribution in [-0.4, -0.2) is 20.7 Å². The lowest BCUT2D eigenvalue weighted by Crippen LogP contribution is -2.08. The van der Waals surface area contributed by atoms with Crippen LogP contribution in [0, 0.1) is 0 Å². The van der Waals surface area contributed by atoms with Gasteiger partial charge in [0, 0.05) is 11.9 Å². The van der Waals surface area contributed by atoms with Gasteiger partial charge in [-0.25, -0.2) is 0 Å². The van der Waals surface area contributed by atoms with Crippen molar-refractivity contribution in [2.24, 2.45) is 10.2 Å². The first kappa shape index (κ1) is 16.9. The summed E-state index contributed by atoms with van der Waals surface area (Å²) < 4.78 is 1.74. The van der Waals surface area contributed by atoms with Crippen LogP contribution in [-0.2, 0) is 11.3 Å². The number of aliphatic hydroxyl groups is 1. The zero-order chi connectivity index (χ0) is 17.8. The Labute approximate surface area is 145 Å². The van der Waals surface area contributed by atoms with E-state index in [0.717, 1.165) is 11.9 Å². The van der Waals surface area contributed by atoms with Gasteiger partial charge in [0.1, 0.15) is 0 Å². The van der Waals surface area contributed by atoms with Gasteiger partial charge in [-0.15, -0.1) is 10.2 Å². The third kappa shape index (κ3) is 3.29. The fraction of sp³-hybridized carbons (Fsp3) is 0.211. The zero-order valence-corrected chi connectivity index (χ0v) is 13.8. The highest BCUT2D eigenvalue weighted by Gasteiger charge is 2.19. The van der Waals surface area contributed by atoms with E-state index in [1.54, 1.807) is 34.9 Å². The van der Waals surface area contributed by atoms with Crippen molar-refractivity contribution in [2.75, 3.05) is 0 Å². The molecule has 0 aliphatic heterocycles. The predicted octanol–water partition coefficient (Wildman–Crippen LogP) is 4.10. The van der Waals surface area contributed by atoms with Gasteiger partial charge in [-0.1, -0.05) is 55.5 Å². The number of rotatable bonds is 5. The highest BCUT2D eigenvalue weighted by atomic mass is 16.3. The summed E-state index contributed by atoms with van der Waals surface area (Å²) in [6.07, 6.45) is -0.537. The fourth-order valence-corrected chi connectivity index (χ4v) is 2.75. The van der Waals surface area contributed by atoms with E-state index in [2.05, 4.69) is 10.2 Å². The number of hydrogen-bond acceptors (Lipinski definition) is 4. The maximum atomic E-state index is 12.1. The number of azo groups is 1. The van der Waals surface area contributed by atoms with E-state index in [1.165, 1.54) is 0 Å². The van der Waals surface area contributed by atoms with Crippen molar-refractivity contribution in [3.8, 4) is 5.88 Å². The molecule has 6 nitrogen and oxygen atoms in total. The third-order valence-electron chi connectivity index (χ3n) is 3.96. The molecule has 1 heterocycles. The Kier molecular flexibility index (Phi) is 4.90. The SMILES string of the molecule is CCCn1c(O)c(N=NC(=O)C(O)c2ccccc2)c2ccccc21. The number of nitrogens with zero attached hydrogens (tertiary/aromatic N) is 3. The van der Waals surface area contributed by atoms with Gasteiger partial charge in [-0.2, -0.15) is 0 Å². The highest BCUT2D eigenvalue weighted by Crippen LogP contribution is 2.39. The van der Waals surface area contributed by atoms with Crippen LogP contribution in [0.3, 0.4) is 0 Å². The number of amides is 1. The maximum Gasteiger partial charge on any atom is 0.297 e. The lowest BCUT2D eigenvalue weighted by atomic mass is 10.1. The number of para-hydroxylation sites is 1. The highest BCUT2D eigenvalue weighted by molar-refractivity contribution is 5.95. The van der Waals surface area contributed by atoms with Gasteiger partial charge in [0.05, 0.1) is 5.52 Å². The number of hydrogen-bond donors (Lipinski definition) is 2. The van der Waals surface area contributed by atoms with Crippen molar-refractivity contribution in [2.45, 2.75) is 26.0 Å². The van der Waals surface area contributed by atoms with E-state index < -0.39 is 12.0 Å². The molecule has 6 heteroatoms. The molecule has 0 aliphatic rings. The van der Waals surface area contributed by atoms with Gasteiger partial charge in [0.15, 0.2) is 11.8 Å². The fourth-order valence-electron chi connectivity index (χ4n) is 2.75. The molecule has 128 valence electrons. The Morgan fingerprint density at radius 1 is 1.12 bits per heavy atom. The topological polar surface area (TPSA) is 87.2 Å². The summed E-state index contributed by atoms with van der Waals surface area (Å²) in [5.74, 6) is -0.813. The minimum Gasteiger partial charge on any atom is -0.493 e. The largest absolute Gasteiger partial charge is 0.493 e. The molecule has 0 saturated heterocycles. The lowest BCUT2D eigenvalue weighted by molar-refractivity contribution is -0.126. The molecule has 0 bridgehead atoms. The molecule has 1 aromatic heterocycles. The van der Waals surface area contributed by atoms with Gasteiger partial charge >= 0.3 is 0 Å². The summed E-state index contributed by atoms with van der Waals surface area (Å²) in [6.45, 7) is 2.64. The van der Waals surface area contributed by atoms with Crippen LogP contribution >= 0.6 is 0 Å². The number of aromatic nitrogens is 1. The molecule has 0 radical (unpaired) electrons. The molecule has 0 aliphatic carbocycles. The third-order valence-corrected chi connectivity index (χ3v) is 3.96. The molecule has 0 saturated carbocycles. The quantitative estimate of drug-likeness (QED) is 0.687. The monoisotopic (exact) mass is 337 g/mol. The Bertz CT molecular complexity index is 916. The van der Waals surface area contributed by atoms with E-state index >= 15 is 0 Å². The average Bonchev–Trinajstić information content (AvgIpc) is 2.92. The summed E-state index contributed by atoms with van der Waals surface area (Å²) in [5.41, 5.74) is 1.51. The van der Waals surface area contributed by atoms with Crippen LogP contribution in [0.1, 0.15) is 25.0 Å². The van der Waals surface area contributed by atoms with Gasteiger partial charge in [0.2, 0.25) is 5.88 Å². The molecule has 1 atom stereocenters. The van der Waals surface area contributed by atoms with Crippen molar-refractivity contribution in [3.63, 3.8) is 0 Å². The van der Waals surface area contributed by atoms with Crippen molar-refractivity contribution >= 4 is 22.5 Å². The van der Waals surface area contributed by atoms with Crippen LogP contribution in [0.25, 0.3) is 10.9 Å². The van der Waals surface area contributed by atoms with E-state index in [-0.39, 0.29) is 11.6 Å². The molecule has 2 N–H and O–H groups in total. The van der Waals surface area contributed by atoms with E-state index in [1.807, 2.05) is 31.2 Å². The molecule has 1 unspecified atom stereocenters. The first-order valence-electron chi connectivity index (χ1n) is 8.12. The summed E-state index contributed by atoms with van der Waals surface area (Å²) in [7, 11) is 0.